The second kappa shape index (κ2) is 7.35. The molecule has 1 amide bonds. The molecule has 1 saturated heterocycles. The molecular weight excluding hydrogens is 330 g/mol. The Morgan fingerprint density at radius 1 is 1.23 bits per heavy atom. The maximum absolute atomic E-state index is 12.6. The third-order valence-electron chi connectivity index (χ3n) is 4.85. The molecule has 2 N–H and O–H groups in total. The molecule has 0 radical (unpaired) electrons. The van der Waals surface area contributed by atoms with Crippen molar-refractivity contribution in [2.45, 2.75) is 13.0 Å². The van der Waals surface area contributed by atoms with Gasteiger partial charge in [-0.2, -0.15) is 0 Å². The first kappa shape index (κ1) is 16.9. The van der Waals surface area contributed by atoms with E-state index in [0.29, 0.717) is 25.3 Å². The SMILES string of the molecule is Cc1ccc([C@H](CNC(=O)c2ccc3cc[nH]c3c2)N2CCOCC2)o1. The summed E-state index contributed by atoms with van der Waals surface area (Å²) in [4.78, 5) is 18.1. The van der Waals surface area contributed by atoms with Crippen LogP contribution in [0, 0.1) is 6.92 Å². The fourth-order valence-corrected chi connectivity index (χ4v) is 3.41. The zero-order valence-electron chi connectivity index (χ0n) is 14.8. The highest BCUT2D eigenvalue weighted by Gasteiger charge is 2.25. The summed E-state index contributed by atoms with van der Waals surface area (Å²) in [5.41, 5.74) is 1.61. The summed E-state index contributed by atoms with van der Waals surface area (Å²) >= 11 is 0. The van der Waals surface area contributed by atoms with Crippen molar-refractivity contribution in [1.82, 2.24) is 15.2 Å². The molecule has 6 nitrogen and oxygen atoms in total. The predicted molar refractivity (Wildman–Crippen MR) is 99.2 cm³/mol. The lowest BCUT2D eigenvalue weighted by Crippen LogP contribution is -2.43. The van der Waals surface area contributed by atoms with Crippen LogP contribution in [0.1, 0.15) is 27.9 Å². The van der Waals surface area contributed by atoms with Crippen LogP contribution in [-0.4, -0.2) is 48.6 Å². The first-order valence-corrected chi connectivity index (χ1v) is 8.94. The van der Waals surface area contributed by atoms with Gasteiger partial charge in [-0.25, -0.2) is 0 Å². The molecule has 2 aromatic heterocycles. The third-order valence-corrected chi connectivity index (χ3v) is 4.85. The van der Waals surface area contributed by atoms with Crippen LogP contribution < -0.4 is 5.32 Å². The zero-order chi connectivity index (χ0) is 17.9. The number of benzene rings is 1. The van der Waals surface area contributed by atoms with Gasteiger partial charge in [-0.1, -0.05) is 6.07 Å². The van der Waals surface area contributed by atoms with Gasteiger partial charge in [0.1, 0.15) is 11.5 Å². The second-order valence-electron chi connectivity index (χ2n) is 6.60. The second-order valence-corrected chi connectivity index (χ2v) is 6.60. The highest BCUT2D eigenvalue weighted by Crippen LogP contribution is 2.23. The normalized spacial score (nSPS) is 16.7. The number of amides is 1. The molecule has 1 aromatic carbocycles. The van der Waals surface area contributed by atoms with Gasteiger partial charge in [0.2, 0.25) is 0 Å². The van der Waals surface area contributed by atoms with Crippen molar-refractivity contribution < 1.29 is 13.9 Å². The summed E-state index contributed by atoms with van der Waals surface area (Å²) in [7, 11) is 0. The molecule has 3 aromatic rings. The van der Waals surface area contributed by atoms with E-state index < -0.39 is 0 Å². The number of morpholine rings is 1. The molecule has 136 valence electrons. The van der Waals surface area contributed by atoms with E-state index in [0.717, 1.165) is 35.5 Å². The average Bonchev–Trinajstić information content (AvgIpc) is 3.31. The topological polar surface area (TPSA) is 70.5 Å². The molecule has 3 heterocycles. The first-order valence-electron chi connectivity index (χ1n) is 8.94. The summed E-state index contributed by atoms with van der Waals surface area (Å²) in [5.74, 6) is 1.68. The van der Waals surface area contributed by atoms with E-state index in [2.05, 4.69) is 15.2 Å². The van der Waals surface area contributed by atoms with Gasteiger partial charge in [0, 0.05) is 36.9 Å². The minimum Gasteiger partial charge on any atom is -0.465 e. The van der Waals surface area contributed by atoms with Crippen molar-refractivity contribution in [3.63, 3.8) is 0 Å². The van der Waals surface area contributed by atoms with Gasteiger partial charge < -0.3 is 19.5 Å². The zero-order valence-corrected chi connectivity index (χ0v) is 14.8. The average molecular weight is 353 g/mol. The van der Waals surface area contributed by atoms with Crippen LogP contribution >= 0.6 is 0 Å². The van der Waals surface area contributed by atoms with E-state index in [4.69, 9.17) is 9.15 Å². The first-order chi connectivity index (χ1) is 12.7. The van der Waals surface area contributed by atoms with Gasteiger partial charge in [-0.3, -0.25) is 9.69 Å². The quantitative estimate of drug-likeness (QED) is 0.740. The van der Waals surface area contributed by atoms with E-state index in [1.54, 1.807) is 0 Å². The molecule has 1 aliphatic rings. The van der Waals surface area contributed by atoms with Gasteiger partial charge in [0.15, 0.2) is 0 Å². The highest BCUT2D eigenvalue weighted by atomic mass is 16.5. The molecule has 0 unspecified atom stereocenters. The molecule has 26 heavy (non-hydrogen) atoms. The summed E-state index contributed by atoms with van der Waals surface area (Å²) in [6.45, 7) is 5.49. The standard InChI is InChI=1S/C20H23N3O3/c1-14-2-5-19(26-14)18(23-8-10-25-11-9-23)13-22-20(24)16-4-3-15-6-7-21-17(15)12-16/h2-7,12,18,21H,8-11,13H2,1H3,(H,22,24)/t18-/m0/s1. The Bertz CT molecular complexity index is 892. The third kappa shape index (κ3) is 3.52. The fourth-order valence-electron chi connectivity index (χ4n) is 3.41. The molecule has 0 saturated carbocycles. The summed E-state index contributed by atoms with van der Waals surface area (Å²) < 4.78 is 11.3. The van der Waals surface area contributed by atoms with Gasteiger partial charge in [0.25, 0.3) is 5.91 Å². The predicted octanol–water partition coefficient (Wildman–Crippen LogP) is 2.87. The number of furan rings is 1. The number of nitrogens with zero attached hydrogens (tertiary/aromatic N) is 1. The molecule has 6 heteroatoms. The van der Waals surface area contributed by atoms with Gasteiger partial charge in [0.05, 0.1) is 19.3 Å². The number of aromatic nitrogens is 1. The molecular formula is C20H23N3O3. The Hall–Kier alpha value is -2.57. The Balaban J connectivity index is 1.48. The largest absolute Gasteiger partial charge is 0.465 e. The molecule has 1 aliphatic heterocycles. The van der Waals surface area contributed by atoms with Crippen LogP contribution in [0.15, 0.2) is 47.0 Å². The number of H-pyrrole nitrogens is 1. The van der Waals surface area contributed by atoms with Crippen LogP contribution in [0.5, 0.6) is 0 Å². The summed E-state index contributed by atoms with van der Waals surface area (Å²) in [6.07, 6.45) is 1.88. The van der Waals surface area contributed by atoms with Crippen LogP contribution in [-0.2, 0) is 4.74 Å². The van der Waals surface area contributed by atoms with E-state index in [-0.39, 0.29) is 11.9 Å². The van der Waals surface area contributed by atoms with Crippen molar-refractivity contribution in [3.05, 3.63) is 59.7 Å². The molecule has 0 aliphatic carbocycles. The minimum absolute atomic E-state index is 0.00534. The number of carbonyl (C=O) groups excluding carboxylic acids is 1. The smallest absolute Gasteiger partial charge is 0.251 e. The molecule has 0 bridgehead atoms. The van der Waals surface area contributed by atoms with Crippen molar-refractivity contribution in [2.24, 2.45) is 0 Å². The minimum atomic E-state index is -0.0805. The fraction of sp³-hybridized carbons (Fsp3) is 0.350. The number of fused-ring (bicyclic) bond motifs is 1. The van der Waals surface area contributed by atoms with E-state index >= 15 is 0 Å². The van der Waals surface area contributed by atoms with Crippen LogP contribution in [0.3, 0.4) is 0 Å². The summed E-state index contributed by atoms with van der Waals surface area (Å²) in [6, 6.07) is 11.6. The van der Waals surface area contributed by atoms with Crippen molar-refractivity contribution in [2.75, 3.05) is 32.8 Å². The lowest BCUT2D eigenvalue weighted by atomic mass is 10.1. The van der Waals surface area contributed by atoms with Gasteiger partial charge in [-0.15, -0.1) is 0 Å². The maximum atomic E-state index is 12.6. The lowest BCUT2D eigenvalue weighted by Gasteiger charge is -2.33. The maximum Gasteiger partial charge on any atom is 0.251 e. The number of hydrogen-bond acceptors (Lipinski definition) is 4. The number of aromatic amines is 1. The number of ether oxygens (including phenoxy) is 1. The lowest BCUT2D eigenvalue weighted by molar-refractivity contribution is 0.0117. The summed E-state index contributed by atoms with van der Waals surface area (Å²) in [5, 5.41) is 4.16. The number of rotatable bonds is 5. The van der Waals surface area contributed by atoms with Crippen LogP contribution in [0.4, 0.5) is 0 Å². The Morgan fingerprint density at radius 3 is 2.85 bits per heavy atom. The number of aryl methyl sites for hydroxylation is 1. The number of nitrogens with one attached hydrogen (secondary N) is 2. The Morgan fingerprint density at radius 2 is 2.08 bits per heavy atom. The Labute approximate surface area is 152 Å². The van der Waals surface area contributed by atoms with E-state index in [1.165, 1.54) is 0 Å². The van der Waals surface area contributed by atoms with Crippen molar-refractivity contribution in [3.8, 4) is 0 Å². The van der Waals surface area contributed by atoms with Gasteiger partial charge >= 0.3 is 0 Å². The number of hydrogen-bond donors (Lipinski definition) is 2. The molecule has 0 spiro atoms. The molecule has 4 rings (SSSR count). The van der Waals surface area contributed by atoms with E-state index in [1.807, 2.05) is 49.5 Å². The van der Waals surface area contributed by atoms with Crippen molar-refractivity contribution in [1.29, 1.82) is 0 Å². The Kier molecular flexibility index (Phi) is 4.77. The monoisotopic (exact) mass is 353 g/mol. The number of carbonyl (C=O) groups is 1. The van der Waals surface area contributed by atoms with E-state index in [9.17, 15) is 4.79 Å². The van der Waals surface area contributed by atoms with Gasteiger partial charge in [-0.05, 0) is 42.6 Å². The molecule has 1 fully saturated rings. The van der Waals surface area contributed by atoms with Crippen LogP contribution in [0.25, 0.3) is 10.9 Å². The molecule has 1 atom stereocenters. The highest BCUT2D eigenvalue weighted by molar-refractivity contribution is 5.97. The van der Waals surface area contributed by atoms with Crippen molar-refractivity contribution >= 4 is 16.8 Å². The van der Waals surface area contributed by atoms with Crippen LogP contribution in [0.2, 0.25) is 0 Å².